The molecule has 0 saturated carbocycles. The summed E-state index contributed by atoms with van der Waals surface area (Å²) in [5.74, 6) is -0.379. The largest absolute Gasteiger partial charge is 0.382 e. The van der Waals surface area contributed by atoms with Gasteiger partial charge in [-0.05, 0) is 18.2 Å². The third-order valence-electron chi connectivity index (χ3n) is 5.48. The molecule has 1 aromatic carbocycles. The van der Waals surface area contributed by atoms with Gasteiger partial charge in [0.05, 0.1) is 42.7 Å². The fourth-order valence-corrected chi connectivity index (χ4v) is 3.66. The predicted octanol–water partition coefficient (Wildman–Crippen LogP) is 1.60. The van der Waals surface area contributed by atoms with Crippen molar-refractivity contribution in [2.75, 3.05) is 67.3 Å². The van der Waals surface area contributed by atoms with Crippen molar-refractivity contribution in [2.45, 2.75) is 0 Å². The van der Waals surface area contributed by atoms with E-state index in [1.807, 2.05) is 37.4 Å². The number of amides is 1. The molecular formula is C23H28N8O2. The van der Waals surface area contributed by atoms with Crippen LogP contribution < -0.4 is 26.6 Å². The number of hydrogen-bond acceptors (Lipinski definition) is 9. The van der Waals surface area contributed by atoms with Gasteiger partial charge < -0.3 is 31.3 Å². The monoisotopic (exact) mass is 448 g/mol. The molecule has 0 aliphatic carbocycles. The molecule has 2 aromatic heterocycles. The Labute approximate surface area is 192 Å². The number of nitrogens with one attached hydrogen (secondary N) is 1. The first-order chi connectivity index (χ1) is 16.1. The summed E-state index contributed by atoms with van der Waals surface area (Å²) in [4.78, 5) is 30.2. The van der Waals surface area contributed by atoms with Gasteiger partial charge >= 0.3 is 0 Å². The van der Waals surface area contributed by atoms with E-state index in [0.29, 0.717) is 31.1 Å². The zero-order valence-electron chi connectivity index (χ0n) is 18.6. The van der Waals surface area contributed by atoms with E-state index in [9.17, 15) is 4.79 Å². The highest BCUT2D eigenvalue weighted by Gasteiger charge is 2.19. The topological polar surface area (TPSA) is 136 Å². The number of anilines is 4. The quantitative estimate of drug-likeness (QED) is 0.492. The highest BCUT2D eigenvalue weighted by molar-refractivity contribution is 6.07. The summed E-state index contributed by atoms with van der Waals surface area (Å²) in [6, 6.07) is 9.69. The lowest BCUT2D eigenvalue weighted by atomic mass is 10.1. The lowest BCUT2D eigenvalue weighted by Gasteiger charge is -2.30. The molecule has 4 rings (SSSR count). The van der Waals surface area contributed by atoms with Crippen molar-refractivity contribution in [3.8, 4) is 11.3 Å². The number of nitrogens with zero attached hydrogens (tertiary/aromatic N) is 5. The van der Waals surface area contributed by atoms with E-state index < -0.39 is 5.91 Å². The molecule has 3 heterocycles. The van der Waals surface area contributed by atoms with Gasteiger partial charge in [-0.3, -0.25) is 9.78 Å². The molecule has 0 spiro atoms. The van der Waals surface area contributed by atoms with E-state index in [2.05, 4.69) is 30.1 Å². The number of carbonyl (C=O) groups is 1. The summed E-state index contributed by atoms with van der Waals surface area (Å²) in [7, 11) is 1.98. The van der Waals surface area contributed by atoms with Crippen LogP contribution >= 0.6 is 0 Å². The Kier molecular flexibility index (Phi) is 6.96. The van der Waals surface area contributed by atoms with Gasteiger partial charge in [0.1, 0.15) is 0 Å². The number of nitrogens with two attached hydrogens (primary N) is 2. The van der Waals surface area contributed by atoms with E-state index >= 15 is 0 Å². The molecule has 1 aliphatic rings. The van der Waals surface area contributed by atoms with Gasteiger partial charge in [-0.1, -0.05) is 12.1 Å². The molecule has 172 valence electrons. The van der Waals surface area contributed by atoms with Gasteiger partial charge in [0.15, 0.2) is 11.5 Å². The van der Waals surface area contributed by atoms with Gasteiger partial charge in [0.2, 0.25) is 0 Å². The molecule has 1 amide bonds. The molecule has 33 heavy (non-hydrogen) atoms. The Morgan fingerprint density at radius 3 is 2.67 bits per heavy atom. The van der Waals surface area contributed by atoms with E-state index in [4.69, 9.17) is 16.2 Å². The average Bonchev–Trinajstić information content (AvgIpc) is 2.85. The summed E-state index contributed by atoms with van der Waals surface area (Å²) in [5, 5.41) is 2.90. The molecule has 0 unspecified atom stereocenters. The second kappa shape index (κ2) is 10.2. The maximum absolute atomic E-state index is 13.1. The molecule has 10 nitrogen and oxygen atoms in total. The van der Waals surface area contributed by atoms with Crippen LogP contribution in [0, 0.1) is 0 Å². The second-order valence-corrected chi connectivity index (χ2v) is 7.69. The second-order valence-electron chi connectivity index (χ2n) is 7.69. The fraction of sp³-hybridized carbons (Fsp3) is 0.304. The van der Waals surface area contributed by atoms with Crippen LogP contribution in [0.4, 0.5) is 22.9 Å². The molecule has 1 fully saturated rings. The Hall–Kier alpha value is -3.76. The van der Waals surface area contributed by atoms with Gasteiger partial charge in [0, 0.05) is 50.7 Å². The standard InChI is InChI=1S/C23H28N8O2/c1-30(9-7-24)17-4-2-16(3-5-17)18-15-27-22(25)21(28-18)23(32)29-19-14-26-8-6-20(19)31-10-12-33-13-11-31/h2-6,8,14-15H,7,9-13,24H2,1H3,(H2,25,27)(H,29,32). The number of aromatic nitrogens is 3. The summed E-state index contributed by atoms with van der Waals surface area (Å²) >= 11 is 0. The van der Waals surface area contributed by atoms with E-state index in [1.165, 1.54) is 0 Å². The van der Waals surface area contributed by atoms with Crippen LogP contribution in [-0.2, 0) is 4.74 Å². The number of likely N-dealkylation sites (N-methyl/N-ethyl adjacent to an activating group) is 1. The zero-order valence-corrected chi connectivity index (χ0v) is 18.6. The fourth-order valence-electron chi connectivity index (χ4n) is 3.66. The van der Waals surface area contributed by atoms with Crippen molar-refractivity contribution in [1.29, 1.82) is 0 Å². The van der Waals surface area contributed by atoms with Crippen molar-refractivity contribution in [1.82, 2.24) is 15.0 Å². The highest BCUT2D eigenvalue weighted by atomic mass is 16.5. The third kappa shape index (κ3) is 5.18. The number of benzene rings is 1. The maximum Gasteiger partial charge on any atom is 0.278 e. The number of rotatable bonds is 7. The first-order valence-electron chi connectivity index (χ1n) is 10.8. The minimum Gasteiger partial charge on any atom is -0.382 e. The molecule has 0 radical (unpaired) electrons. The van der Waals surface area contributed by atoms with Crippen LogP contribution in [0.25, 0.3) is 11.3 Å². The molecule has 10 heteroatoms. The Morgan fingerprint density at radius 1 is 1.18 bits per heavy atom. The first kappa shape index (κ1) is 22.4. The molecule has 1 saturated heterocycles. The number of nitrogen functional groups attached to an aromatic ring is 1. The minimum atomic E-state index is -0.441. The Bertz CT molecular complexity index is 1100. The molecule has 3 aromatic rings. The van der Waals surface area contributed by atoms with Crippen molar-refractivity contribution in [3.05, 3.63) is 54.6 Å². The Morgan fingerprint density at radius 2 is 1.94 bits per heavy atom. The highest BCUT2D eigenvalue weighted by Crippen LogP contribution is 2.27. The number of ether oxygens (including phenoxy) is 1. The first-order valence-corrected chi connectivity index (χ1v) is 10.8. The smallest absolute Gasteiger partial charge is 0.278 e. The van der Waals surface area contributed by atoms with Gasteiger partial charge in [0.25, 0.3) is 5.91 Å². The van der Waals surface area contributed by atoms with Crippen molar-refractivity contribution >= 4 is 28.8 Å². The van der Waals surface area contributed by atoms with E-state index in [1.54, 1.807) is 18.6 Å². The molecule has 1 aliphatic heterocycles. The summed E-state index contributed by atoms with van der Waals surface area (Å²) in [6.07, 6.45) is 4.88. The van der Waals surface area contributed by atoms with Crippen LogP contribution in [-0.4, -0.2) is 67.3 Å². The summed E-state index contributed by atoms with van der Waals surface area (Å²) in [6.45, 7) is 4.08. The van der Waals surface area contributed by atoms with Gasteiger partial charge in [-0.15, -0.1) is 0 Å². The van der Waals surface area contributed by atoms with Gasteiger partial charge in [-0.2, -0.15) is 0 Å². The van der Waals surface area contributed by atoms with Crippen LogP contribution in [0.15, 0.2) is 48.9 Å². The number of morpholine rings is 1. The minimum absolute atomic E-state index is 0.0624. The van der Waals surface area contributed by atoms with Crippen LogP contribution in [0.2, 0.25) is 0 Å². The SMILES string of the molecule is CN(CCN)c1ccc(-c2cnc(N)c(C(=O)Nc3cnccc3N3CCOCC3)n2)cc1. The van der Waals surface area contributed by atoms with Crippen LogP contribution in [0.3, 0.4) is 0 Å². The van der Waals surface area contributed by atoms with Crippen molar-refractivity contribution in [2.24, 2.45) is 5.73 Å². The lowest BCUT2D eigenvalue weighted by Crippen LogP contribution is -2.36. The predicted molar refractivity (Wildman–Crippen MR) is 129 cm³/mol. The Balaban J connectivity index is 1.56. The number of carbonyl (C=O) groups excluding carboxylic acids is 1. The zero-order chi connectivity index (χ0) is 23.2. The summed E-state index contributed by atoms with van der Waals surface area (Å²) in [5.41, 5.74) is 15.6. The van der Waals surface area contributed by atoms with Crippen LogP contribution in [0.1, 0.15) is 10.5 Å². The number of hydrogen-bond donors (Lipinski definition) is 3. The van der Waals surface area contributed by atoms with Crippen molar-refractivity contribution in [3.63, 3.8) is 0 Å². The molecular weight excluding hydrogens is 420 g/mol. The molecule has 5 N–H and O–H groups in total. The van der Waals surface area contributed by atoms with Gasteiger partial charge in [-0.25, -0.2) is 9.97 Å². The molecule has 0 bridgehead atoms. The molecule has 0 atom stereocenters. The van der Waals surface area contributed by atoms with E-state index in [0.717, 1.165) is 36.6 Å². The lowest BCUT2D eigenvalue weighted by molar-refractivity contribution is 0.102. The third-order valence-corrected chi connectivity index (χ3v) is 5.48. The maximum atomic E-state index is 13.1. The van der Waals surface area contributed by atoms with E-state index in [-0.39, 0.29) is 11.5 Å². The van der Waals surface area contributed by atoms with Crippen molar-refractivity contribution < 1.29 is 9.53 Å². The number of pyridine rings is 1. The van der Waals surface area contributed by atoms with Crippen LogP contribution in [0.5, 0.6) is 0 Å². The summed E-state index contributed by atoms with van der Waals surface area (Å²) < 4.78 is 5.43. The average molecular weight is 449 g/mol. The normalized spacial score (nSPS) is 13.6.